The number of hydrogen-bond donors (Lipinski definition) is 1. The molecule has 0 spiro atoms. The van der Waals surface area contributed by atoms with Gasteiger partial charge in [-0.3, -0.25) is 4.21 Å². The van der Waals surface area contributed by atoms with E-state index in [0.29, 0.717) is 23.2 Å². The van der Waals surface area contributed by atoms with Crippen LogP contribution in [0.3, 0.4) is 0 Å². The fourth-order valence-electron chi connectivity index (χ4n) is 1.85. The number of benzene rings is 1. The summed E-state index contributed by atoms with van der Waals surface area (Å²) >= 11 is 0. The van der Waals surface area contributed by atoms with Crippen LogP contribution in [0.4, 0.5) is 0 Å². The van der Waals surface area contributed by atoms with Crippen LogP contribution in [-0.2, 0) is 10.8 Å². The molecule has 2 N–H and O–H groups in total. The molecule has 0 bridgehead atoms. The first-order valence-corrected chi connectivity index (χ1v) is 7.79. The first-order chi connectivity index (χ1) is 8.97. The Labute approximate surface area is 117 Å². The summed E-state index contributed by atoms with van der Waals surface area (Å²) in [4.78, 5) is 0. The number of methoxy groups -OCH3 is 2. The molecule has 1 rings (SSSR count). The van der Waals surface area contributed by atoms with Crippen molar-refractivity contribution in [3.63, 3.8) is 0 Å². The van der Waals surface area contributed by atoms with Gasteiger partial charge in [0, 0.05) is 40.0 Å². The Kier molecular flexibility index (Phi) is 6.31. The molecule has 0 saturated heterocycles. The minimum absolute atomic E-state index is 0.291. The topological polar surface area (TPSA) is 61.5 Å². The summed E-state index contributed by atoms with van der Waals surface area (Å²) in [5.74, 6) is 2.92. The second-order valence-electron chi connectivity index (χ2n) is 4.88. The first-order valence-electron chi connectivity index (χ1n) is 6.30. The van der Waals surface area contributed by atoms with Crippen molar-refractivity contribution in [3.05, 3.63) is 23.8 Å². The molecule has 0 heterocycles. The van der Waals surface area contributed by atoms with Crippen LogP contribution >= 0.6 is 0 Å². The van der Waals surface area contributed by atoms with E-state index in [1.165, 1.54) is 0 Å². The summed E-state index contributed by atoms with van der Waals surface area (Å²) < 4.78 is 22.4. The molecule has 0 saturated carbocycles. The van der Waals surface area contributed by atoms with E-state index in [2.05, 4.69) is 13.8 Å². The van der Waals surface area contributed by atoms with Gasteiger partial charge in [-0.05, 0) is 12.0 Å². The molecule has 2 atom stereocenters. The molecular formula is C14H23NO3S. The Morgan fingerprint density at radius 2 is 1.89 bits per heavy atom. The van der Waals surface area contributed by atoms with Gasteiger partial charge >= 0.3 is 0 Å². The Balaban J connectivity index is 2.81. The SMILES string of the molecule is COc1ccc(C(N)CS(=O)CC(C)C)c(OC)c1. The highest BCUT2D eigenvalue weighted by Crippen LogP contribution is 2.28. The molecule has 0 aliphatic heterocycles. The van der Waals surface area contributed by atoms with E-state index in [9.17, 15) is 4.21 Å². The van der Waals surface area contributed by atoms with Gasteiger partial charge in [0.1, 0.15) is 11.5 Å². The monoisotopic (exact) mass is 285 g/mol. The molecule has 0 radical (unpaired) electrons. The molecule has 0 aliphatic rings. The molecule has 2 unspecified atom stereocenters. The van der Waals surface area contributed by atoms with E-state index in [0.717, 1.165) is 11.3 Å². The van der Waals surface area contributed by atoms with Crippen LogP contribution in [-0.4, -0.2) is 29.9 Å². The van der Waals surface area contributed by atoms with E-state index in [-0.39, 0.29) is 6.04 Å². The number of rotatable bonds is 7. The van der Waals surface area contributed by atoms with Crippen molar-refractivity contribution >= 4 is 10.8 Å². The Morgan fingerprint density at radius 1 is 1.21 bits per heavy atom. The van der Waals surface area contributed by atoms with Crippen LogP contribution in [0.2, 0.25) is 0 Å². The van der Waals surface area contributed by atoms with Crippen LogP contribution in [0.15, 0.2) is 18.2 Å². The standard InChI is InChI=1S/C14H23NO3S/c1-10(2)8-19(16)9-13(15)12-6-5-11(17-3)7-14(12)18-4/h5-7,10,13H,8-9,15H2,1-4H3. The van der Waals surface area contributed by atoms with Crippen LogP contribution in [0.25, 0.3) is 0 Å². The normalized spacial score (nSPS) is 14.2. The summed E-state index contributed by atoms with van der Waals surface area (Å²) in [5.41, 5.74) is 6.99. The average Bonchev–Trinajstić information content (AvgIpc) is 2.36. The fourth-order valence-corrected chi connectivity index (χ4v) is 3.31. The van der Waals surface area contributed by atoms with Gasteiger partial charge in [-0.15, -0.1) is 0 Å². The van der Waals surface area contributed by atoms with Gasteiger partial charge in [0.25, 0.3) is 0 Å². The van der Waals surface area contributed by atoms with Gasteiger partial charge in [0.15, 0.2) is 0 Å². The predicted octanol–water partition coefficient (Wildman–Crippen LogP) is 2.11. The molecule has 4 nitrogen and oxygen atoms in total. The van der Waals surface area contributed by atoms with Crippen molar-refractivity contribution < 1.29 is 13.7 Å². The largest absolute Gasteiger partial charge is 0.497 e. The lowest BCUT2D eigenvalue weighted by molar-refractivity contribution is 0.389. The molecule has 1 aromatic carbocycles. The zero-order valence-corrected chi connectivity index (χ0v) is 12.8. The van der Waals surface area contributed by atoms with E-state index in [1.807, 2.05) is 12.1 Å². The van der Waals surface area contributed by atoms with Gasteiger partial charge in [-0.2, -0.15) is 0 Å². The van der Waals surface area contributed by atoms with Gasteiger partial charge in [-0.25, -0.2) is 0 Å². The lowest BCUT2D eigenvalue weighted by atomic mass is 10.1. The van der Waals surface area contributed by atoms with E-state index < -0.39 is 10.8 Å². The highest BCUT2D eigenvalue weighted by Gasteiger charge is 2.16. The zero-order valence-electron chi connectivity index (χ0n) is 12.0. The summed E-state index contributed by atoms with van der Waals surface area (Å²) in [6.45, 7) is 4.11. The molecule has 0 fully saturated rings. The summed E-state index contributed by atoms with van der Waals surface area (Å²) in [5, 5.41) is 0. The third-order valence-corrected chi connectivity index (χ3v) is 4.49. The minimum atomic E-state index is -0.910. The highest BCUT2D eigenvalue weighted by molar-refractivity contribution is 7.85. The maximum absolute atomic E-state index is 11.9. The highest BCUT2D eigenvalue weighted by atomic mass is 32.2. The maximum Gasteiger partial charge on any atom is 0.127 e. The first kappa shape index (κ1) is 16.0. The van der Waals surface area contributed by atoms with Crippen LogP contribution < -0.4 is 15.2 Å². The van der Waals surface area contributed by atoms with Crippen molar-refractivity contribution in [2.45, 2.75) is 19.9 Å². The van der Waals surface area contributed by atoms with E-state index in [4.69, 9.17) is 15.2 Å². The molecule has 0 amide bonds. The quantitative estimate of drug-likeness (QED) is 0.833. The maximum atomic E-state index is 11.9. The fraction of sp³-hybridized carbons (Fsp3) is 0.571. The van der Waals surface area contributed by atoms with Crippen molar-refractivity contribution in [2.24, 2.45) is 11.7 Å². The number of nitrogens with two attached hydrogens (primary N) is 1. The predicted molar refractivity (Wildman–Crippen MR) is 79.2 cm³/mol. The molecule has 0 aliphatic carbocycles. The third-order valence-electron chi connectivity index (χ3n) is 2.72. The van der Waals surface area contributed by atoms with Crippen molar-refractivity contribution in [2.75, 3.05) is 25.7 Å². The molecule has 108 valence electrons. The summed E-state index contributed by atoms with van der Waals surface area (Å²) in [6.07, 6.45) is 0. The minimum Gasteiger partial charge on any atom is -0.497 e. The van der Waals surface area contributed by atoms with Crippen LogP contribution in [0.1, 0.15) is 25.5 Å². The van der Waals surface area contributed by atoms with Gasteiger partial charge in [0.05, 0.1) is 14.2 Å². The number of ether oxygens (including phenoxy) is 2. The van der Waals surface area contributed by atoms with Crippen molar-refractivity contribution in [1.29, 1.82) is 0 Å². The second-order valence-corrected chi connectivity index (χ2v) is 6.43. The van der Waals surface area contributed by atoms with Crippen LogP contribution in [0.5, 0.6) is 11.5 Å². The molecule has 5 heteroatoms. The summed E-state index contributed by atoms with van der Waals surface area (Å²) in [7, 11) is 2.29. The second kappa shape index (κ2) is 7.50. The molecule has 19 heavy (non-hydrogen) atoms. The van der Waals surface area contributed by atoms with Crippen LogP contribution in [0, 0.1) is 5.92 Å². The summed E-state index contributed by atoms with van der Waals surface area (Å²) in [6, 6.07) is 5.21. The molecule has 1 aromatic rings. The Hall–Kier alpha value is -1.07. The Bertz CT molecular complexity index is 435. The molecular weight excluding hydrogens is 262 g/mol. The number of hydrogen-bond acceptors (Lipinski definition) is 4. The smallest absolute Gasteiger partial charge is 0.127 e. The van der Waals surface area contributed by atoms with Gasteiger partial charge in [0.2, 0.25) is 0 Å². The lowest BCUT2D eigenvalue weighted by Gasteiger charge is -2.16. The Morgan fingerprint density at radius 3 is 2.42 bits per heavy atom. The van der Waals surface area contributed by atoms with E-state index >= 15 is 0 Å². The van der Waals surface area contributed by atoms with Crippen molar-refractivity contribution in [3.8, 4) is 11.5 Å². The van der Waals surface area contributed by atoms with Gasteiger partial charge < -0.3 is 15.2 Å². The zero-order chi connectivity index (χ0) is 14.4. The van der Waals surface area contributed by atoms with E-state index in [1.54, 1.807) is 20.3 Å². The van der Waals surface area contributed by atoms with Gasteiger partial charge in [-0.1, -0.05) is 19.9 Å². The third kappa shape index (κ3) is 4.84. The molecule has 0 aromatic heterocycles. The van der Waals surface area contributed by atoms with Crippen molar-refractivity contribution in [1.82, 2.24) is 0 Å². The lowest BCUT2D eigenvalue weighted by Crippen LogP contribution is -2.21. The average molecular weight is 285 g/mol.